The molecule has 0 radical (unpaired) electrons. The molecule has 2 atom stereocenters. The topological polar surface area (TPSA) is 196 Å². The minimum Gasteiger partial charge on any atom is -0.481 e. The lowest BCUT2D eigenvalue weighted by Gasteiger charge is -2.18. The van der Waals surface area contributed by atoms with Crippen molar-refractivity contribution in [1.29, 1.82) is 0 Å². The van der Waals surface area contributed by atoms with E-state index < -0.39 is 24.0 Å². The van der Waals surface area contributed by atoms with E-state index in [1.165, 1.54) is 44.9 Å². The Morgan fingerprint density at radius 3 is 1.48 bits per heavy atom. The van der Waals surface area contributed by atoms with Gasteiger partial charge in [0.1, 0.15) is 19.3 Å². The van der Waals surface area contributed by atoms with Gasteiger partial charge in [-0.2, -0.15) is 0 Å². The van der Waals surface area contributed by atoms with Crippen LogP contribution >= 0.6 is 0 Å². The maximum Gasteiger partial charge on any atom is 0.303 e. The highest BCUT2D eigenvalue weighted by molar-refractivity contribution is 5.92. The molecule has 0 bridgehead atoms. The van der Waals surface area contributed by atoms with Crippen LogP contribution in [0.5, 0.6) is 0 Å². The van der Waals surface area contributed by atoms with E-state index in [4.69, 9.17) is 24.1 Å². The Labute approximate surface area is 324 Å². The fourth-order valence-electron chi connectivity index (χ4n) is 5.30. The molecule has 0 saturated carbocycles. The van der Waals surface area contributed by atoms with Crippen LogP contribution in [0.15, 0.2) is 0 Å². The van der Waals surface area contributed by atoms with Gasteiger partial charge in [-0.05, 0) is 33.1 Å². The van der Waals surface area contributed by atoms with Crippen LogP contribution in [0.3, 0.4) is 0 Å². The van der Waals surface area contributed by atoms with Gasteiger partial charge in [-0.3, -0.25) is 28.8 Å². The second-order valence-electron chi connectivity index (χ2n) is 14.2. The number of carboxylic acid groups (broad SMARTS) is 1. The molecule has 4 N–H and O–H groups in total. The lowest BCUT2D eigenvalue weighted by molar-refractivity contribution is -0.137. The van der Waals surface area contributed by atoms with E-state index in [0.29, 0.717) is 45.8 Å². The Morgan fingerprint density at radius 2 is 0.944 bits per heavy atom. The van der Waals surface area contributed by atoms with Crippen LogP contribution in [0, 0.1) is 5.92 Å². The maximum atomic E-state index is 12.5. The Kier molecular flexibility index (Phi) is 33.8. The molecule has 0 unspecified atom stereocenters. The highest BCUT2D eigenvalue weighted by Crippen LogP contribution is 2.14. The highest BCUT2D eigenvalue weighted by atomic mass is 16.5. The Bertz CT molecular complexity index is 1030. The molecule has 54 heavy (non-hydrogen) atoms. The molecule has 0 aromatic heterocycles. The van der Waals surface area contributed by atoms with Gasteiger partial charge in [0.15, 0.2) is 11.6 Å². The highest BCUT2D eigenvalue weighted by Gasteiger charge is 2.20. The summed E-state index contributed by atoms with van der Waals surface area (Å²) in [6.07, 6.45) is 16.9. The van der Waals surface area contributed by atoms with Gasteiger partial charge in [0.25, 0.3) is 0 Å². The Balaban J connectivity index is 3.67. The number of aliphatic carboxylic acids is 1. The van der Waals surface area contributed by atoms with Crippen LogP contribution in [-0.4, -0.2) is 112 Å². The first-order valence-corrected chi connectivity index (χ1v) is 20.4. The van der Waals surface area contributed by atoms with Crippen molar-refractivity contribution < 1.29 is 52.8 Å². The summed E-state index contributed by atoms with van der Waals surface area (Å²) >= 11 is 0. The molecule has 14 nitrogen and oxygen atoms in total. The monoisotopic (exact) mass is 772 g/mol. The van der Waals surface area contributed by atoms with E-state index in [0.717, 1.165) is 44.9 Å². The third kappa shape index (κ3) is 33.6. The van der Waals surface area contributed by atoms with Gasteiger partial charge in [0, 0.05) is 38.3 Å². The Morgan fingerprint density at radius 1 is 0.463 bits per heavy atom. The number of carbonyl (C=O) groups is 6. The van der Waals surface area contributed by atoms with Crippen molar-refractivity contribution >= 4 is 35.3 Å². The number of hydrogen-bond acceptors (Lipinski definition) is 10. The van der Waals surface area contributed by atoms with Crippen molar-refractivity contribution in [3.05, 3.63) is 0 Å². The first-order chi connectivity index (χ1) is 25.9. The van der Waals surface area contributed by atoms with Crippen molar-refractivity contribution in [2.45, 2.75) is 155 Å². The maximum absolute atomic E-state index is 12.5. The number of amides is 3. The van der Waals surface area contributed by atoms with Crippen molar-refractivity contribution in [2.24, 2.45) is 5.92 Å². The average Bonchev–Trinajstić information content (AvgIpc) is 3.12. The molecule has 0 spiro atoms. The zero-order valence-electron chi connectivity index (χ0n) is 33.9. The molecule has 14 heteroatoms. The largest absolute Gasteiger partial charge is 0.481 e. The van der Waals surface area contributed by atoms with E-state index in [2.05, 4.69) is 16.0 Å². The molecule has 0 aliphatic carbocycles. The van der Waals surface area contributed by atoms with Crippen molar-refractivity contribution in [3.8, 4) is 0 Å². The SMILES string of the molecule is CC(C)C(=O)COCCOCCNC(=O)COCCOCCCC(=O)[C@H](C)NC(=O)[C@H](C)NC(=O)CCCCCCCCCCCCCCCCC(=O)O. The van der Waals surface area contributed by atoms with Crippen LogP contribution in [0.4, 0.5) is 0 Å². The zero-order chi connectivity index (χ0) is 40.2. The van der Waals surface area contributed by atoms with Crippen molar-refractivity contribution in [2.75, 3.05) is 59.4 Å². The summed E-state index contributed by atoms with van der Waals surface area (Å²) in [4.78, 5) is 71.1. The quantitative estimate of drug-likeness (QED) is 0.0609. The smallest absolute Gasteiger partial charge is 0.303 e. The molecule has 0 aromatic carbocycles. The first kappa shape index (κ1) is 51.1. The van der Waals surface area contributed by atoms with E-state index in [9.17, 15) is 28.8 Å². The van der Waals surface area contributed by atoms with Gasteiger partial charge >= 0.3 is 5.97 Å². The molecule has 3 amide bonds. The molecular formula is C40H73N3O11. The second-order valence-corrected chi connectivity index (χ2v) is 14.2. The Hall–Kier alpha value is -2.94. The number of hydrogen-bond donors (Lipinski definition) is 4. The number of Topliss-reactive ketones (excluding diaryl/α,β-unsaturated/α-hetero) is 2. The second kappa shape index (κ2) is 35.7. The summed E-state index contributed by atoms with van der Waals surface area (Å²) < 4.78 is 21.3. The van der Waals surface area contributed by atoms with E-state index in [-0.39, 0.29) is 68.6 Å². The van der Waals surface area contributed by atoms with Gasteiger partial charge in [-0.1, -0.05) is 90.9 Å². The molecule has 0 saturated heterocycles. The molecule has 0 heterocycles. The van der Waals surface area contributed by atoms with Crippen LogP contribution in [0.25, 0.3) is 0 Å². The van der Waals surface area contributed by atoms with Gasteiger partial charge in [-0.15, -0.1) is 0 Å². The lowest BCUT2D eigenvalue weighted by Crippen LogP contribution is -2.49. The molecule has 0 aromatic rings. The summed E-state index contributed by atoms with van der Waals surface area (Å²) in [5.41, 5.74) is 0. The van der Waals surface area contributed by atoms with Crippen LogP contribution in [0.2, 0.25) is 0 Å². The number of carboxylic acids is 1. The van der Waals surface area contributed by atoms with Crippen LogP contribution in [-0.2, 0) is 47.7 Å². The van der Waals surface area contributed by atoms with Crippen molar-refractivity contribution in [3.63, 3.8) is 0 Å². The van der Waals surface area contributed by atoms with Gasteiger partial charge in [-0.25, -0.2) is 0 Å². The standard InChI is InChI=1S/C40H73N3O11/c1-32(2)36(45)30-53-28-27-52-25-23-41-38(47)31-54-29-26-51-24-19-20-35(44)33(3)43-40(50)34(4)42-37(46)21-17-15-13-11-9-7-5-6-8-10-12-14-16-18-22-39(48)49/h32-34H,5-31H2,1-4H3,(H,41,47)(H,42,46)(H,43,50)(H,48,49)/t33-,34-/m0/s1. The number of unbranched alkanes of at least 4 members (excludes halogenated alkanes) is 13. The molecule has 0 aliphatic heterocycles. The fraction of sp³-hybridized carbons (Fsp3) is 0.850. The minimum atomic E-state index is -0.734. The number of rotatable bonds is 39. The lowest BCUT2D eigenvalue weighted by atomic mass is 10.0. The van der Waals surface area contributed by atoms with Gasteiger partial charge < -0.3 is 40.0 Å². The summed E-state index contributed by atoms with van der Waals surface area (Å²) in [6.45, 7) is 8.98. The normalized spacial score (nSPS) is 12.3. The fourth-order valence-corrected chi connectivity index (χ4v) is 5.30. The van der Waals surface area contributed by atoms with E-state index in [1.54, 1.807) is 13.8 Å². The predicted molar refractivity (Wildman–Crippen MR) is 207 cm³/mol. The first-order valence-electron chi connectivity index (χ1n) is 20.4. The van der Waals surface area contributed by atoms with Crippen molar-refractivity contribution in [1.82, 2.24) is 16.0 Å². The van der Waals surface area contributed by atoms with Gasteiger partial charge in [0.05, 0.1) is 39.1 Å². The predicted octanol–water partition coefficient (Wildman–Crippen LogP) is 5.08. The van der Waals surface area contributed by atoms with Crippen LogP contribution < -0.4 is 16.0 Å². The number of ether oxygens (including phenoxy) is 4. The molecule has 0 rings (SSSR count). The molecule has 0 aliphatic rings. The molecule has 314 valence electrons. The number of ketones is 2. The van der Waals surface area contributed by atoms with Crippen LogP contribution in [0.1, 0.15) is 143 Å². The molecular weight excluding hydrogens is 698 g/mol. The summed E-state index contributed by atoms with van der Waals surface area (Å²) in [6, 6.07) is -1.42. The summed E-state index contributed by atoms with van der Waals surface area (Å²) in [5.74, 6) is -1.68. The molecule has 0 fully saturated rings. The van der Waals surface area contributed by atoms with E-state index in [1.807, 2.05) is 13.8 Å². The average molecular weight is 772 g/mol. The number of nitrogens with one attached hydrogen (secondary N) is 3. The summed E-state index contributed by atoms with van der Waals surface area (Å²) in [7, 11) is 0. The van der Waals surface area contributed by atoms with E-state index >= 15 is 0 Å². The minimum absolute atomic E-state index is 0.0452. The third-order valence-electron chi connectivity index (χ3n) is 8.80. The zero-order valence-corrected chi connectivity index (χ0v) is 33.9. The number of carbonyl (C=O) groups excluding carboxylic acids is 5. The van der Waals surface area contributed by atoms with Gasteiger partial charge in [0.2, 0.25) is 17.7 Å². The third-order valence-corrected chi connectivity index (χ3v) is 8.80. The summed E-state index contributed by atoms with van der Waals surface area (Å²) in [5, 5.41) is 16.7.